The Morgan fingerprint density at radius 1 is 1.17 bits per heavy atom. The third-order valence-corrected chi connectivity index (χ3v) is 3.05. The standard InChI is InChI=1S/C13H20N2O2S/c1-5-15(6-2)13(18)14-10-7-8-11(16-3)12(9-10)17-4/h7-9H,5-6H2,1-4H3,(H,14,18). The zero-order valence-corrected chi connectivity index (χ0v) is 12.1. The van der Waals surface area contributed by atoms with Gasteiger partial charge in [-0.15, -0.1) is 0 Å². The van der Waals surface area contributed by atoms with Crippen LogP contribution in [0.5, 0.6) is 11.5 Å². The second-order valence-corrected chi connectivity index (χ2v) is 4.06. The molecule has 0 bridgehead atoms. The summed E-state index contributed by atoms with van der Waals surface area (Å²) < 4.78 is 10.4. The molecule has 0 aromatic heterocycles. The predicted molar refractivity (Wildman–Crippen MR) is 78.7 cm³/mol. The molecule has 0 heterocycles. The maximum absolute atomic E-state index is 5.34. The molecule has 1 rings (SSSR count). The number of ether oxygens (including phenoxy) is 2. The summed E-state index contributed by atoms with van der Waals surface area (Å²) in [6, 6.07) is 5.64. The van der Waals surface area contributed by atoms with Crippen molar-refractivity contribution in [1.82, 2.24) is 4.90 Å². The van der Waals surface area contributed by atoms with Gasteiger partial charge in [0.05, 0.1) is 14.2 Å². The van der Waals surface area contributed by atoms with Crippen LogP contribution in [0.4, 0.5) is 5.69 Å². The smallest absolute Gasteiger partial charge is 0.173 e. The van der Waals surface area contributed by atoms with Crippen molar-refractivity contribution in [2.75, 3.05) is 32.6 Å². The van der Waals surface area contributed by atoms with Crippen LogP contribution in [0.3, 0.4) is 0 Å². The van der Waals surface area contributed by atoms with Crippen molar-refractivity contribution in [2.24, 2.45) is 0 Å². The first kappa shape index (κ1) is 14.6. The molecule has 18 heavy (non-hydrogen) atoms. The van der Waals surface area contributed by atoms with Crippen LogP contribution in [0, 0.1) is 0 Å². The summed E-state index contributed by atoms with van der Waals surface area (Å²) in [6.07, 6.45) is 0. The lowest BCUT2D eigenvalue weighted by molar-refractivity contribution is 0.355. The Morgan fingerprint density at radius 2 is 1.78 bits per heavy atom. The third-order valence-electron chi connectivity index (χ3n) is 2.69. The van der Waals surface area contributed by atoms with Crippen LogP contribution < -0.4 is 14.8 Å². The average Bonchev–Trinajstić information content (AvgIpc) is 2.40. The number of anilines is 1. The van der Waals surface area contributed by atoms with Crippen LogP contribution in [0.15, 0.2) is 18.2 Å². The summed E-state index contributed by atoms with van der Waals surface area (Å²) in [4.78, 5) is 2.08. The zero-order chi connectivity index (χ0) is 13.5. The van der Waals surface area contributed by atoms with Crippen LogP contribution in [0.1, 0.15) is 13.8 Å². The summed E-state index contributed by atoms with van der Waals surface area (Å²) in [6.45, 7) is 5.92. The third kappa shape index (κ3) is 3.50. The minimum atomic E-state index is 0.685. The van der Waals surface area contributed by atoms with Crippen molar-refractivity contribution in [2.45, 2.75) is 13.8 Å². The molecule has 0 saturated carbocycles. The Hall–Kier alpha value is -1.49. The van der Waals surface area contributed by atoms with Gasteiger partial charge in [0.25, 0.3) is 0 Å². The molecule has 0 radical (unpaired) electrons. The summed E-state index contributed by atoms with van der Waals surface area (Å²) in [5.41, 5.74) is 0.893. The van der Waals surface area contributed by atoms with E-state index in [0.717, 1.165) is 18.8 Å². The molecule has 0 amide bonds. The Kier molecular flexibility index (Phi) is 5.71. The molecule has 5 heteroatoms. The molecule has 1 aromatic carbocycles. The van der Waals surface area contributed by atoms with E-state index in [4.69, 9.17) is 21.7 Å². The normalized spacial score (nSPS) is 9.78. The highest BCUT2D eigenvalue weighted by Gasteiger charge is 2.08. The van der Waals surface area contributed by atoms with Gasteiger partial charge in [-0.3, -0.25) is 0 Å². The van der Waals surface area contributed by atoms with Crippen molar-refractivity contribution >= 4 is 23.0 Å². The topological polar surface area (TPSA) is 33.7 Å². The molecule has 0 atom stereocenters. The van der Waals surface area contributed by atoms with Crippen LogP contribution in [-0.2, 0) is 0 Å². The Bertz CT molecular complexity index is 406. The van der Waals surface area contributed by atoms with Crippen molar-refractivity contribution in [3.63, 3.8) is 0 Å². The summed E-state index contributed by atoms with van der Waals surface area (Å²) in [7, 11) is 3.23. The number of hydrogen-bond donors (Lipinski definition) is 1. The highest BCUT2D eigenvalue weighted by Crippen LogP contribution is 2.29. The zero-order valence-electron chi connectivity index (χ0n) is 11.3. The molecule has 4 nitrogen and oxygen atoms in total. The summed E-state index contributed by atoms with van der Waals surface area (Å²) in [5, 5.41) is 3.91. The van der Waals surface area contributed by atoms with E-state index >= 15 is 0 Å². The highest BCUT2D eigenvalue weighted by molar-refractivity contribution is 7.80. The maximum atomic E-state index is 5.34. The lowest BCUT2D eigenvalue weighted by Crippen LogP contribution is -2.34. The number of thiocarbonyl (C=S) groups is 1. The van der Waals surface area contributed by atoms with Gasteiger partial charge >= 0.3 is 0 Å². The predicted octanol–water partition coefficient (Wildman–Crippen LogP) is 2.74. The monoisotopic (exact) mass is 268 g/mol. The molecule has 0 aliphatic carbocycles. The highest BCUT2D eigenvalue weighted by atomic mass is 32.1. The Morgan fingerprint density at radius 3 is 2.28 bits per heavy atom. The van der Waals surface area contributed by atoms with Gasteiger partial charge in [-0.05, 0) is 38.2 Å². The van der Waals surface area contributed by atoms with Crippen LogP contribution in [-0.4, -0.2) is 37.3 Å². The fourth-order valence-electron chi connectivity index (χ4n) is 1.63. The van der Waals surface area contributed by atoms with E-state index in [0.29, 0.717) is 16.6 Å². The first-order valence-electron chi connectivity index (χ1n) is 5.94. The number of rotatable bonds is 5. The van der Waals surface area contributed by atoms with Crippen molar-refractivity contribution in [3.8, 4) is 11.5 Å². The quantitative estimate of drug-likeness (QED) is 0.830. The fourth-order valence-corrected chi connectivity index (χ4v) is 2.00. The van der Waals surface area contributed by atoms with E-state index in [1.807, 2.05) is 18.2 Å². The number of hydrogen-bond acceptors (Lipinski definition) is 3. The number of methoxy groups -OCH3 is 2. The maximum Gasteiger partial charge on any atom is 0.173 e. The van der Waals surface area contributed by atoms with Crippen molar-refractivity contribution in [3.05, 3.63) is 18.2 Å². The van der Waals surface area contributed by atoms with E-state index in [1.54, 1.807) is 14.2 Å². The number of benzene rings is 1. The molecule has 0 aliphatic heterocycles. The molecule has 0 fully saturated rings. The molecule has 0 aliphatic rings. The first-order valence-corrected chi connectivity index (χ1v) is 6.35. The largest absolute Gasteiger partial charge is 0.493 e. The van der Waals surface area contributed by atoms with Gasteiger partial charge in [-0.1, -0.05) is 0 Å². The average molecular weight is 268 g/mol. The molecule has 100 valence electrons. The van der Waals surface area contributed by atoms with E-state index < -0.39 is 0 Å². The van der Waals surface area contributed by atoms with E-state index in [2.05, 4.69) is 24.1 Å². The van der Waals surface area contributed by atoms with Gasteiger partial charge in [0, 0.05) is 24.8 Å². The van der Waals surface area contributed by atoms with E-state index in [-0.39, 0.29) is 0 Å². The van der Waals surface area contributed by atoms with Crippen LogP contribution in [0.2, 0.25) is 0 Å². The molecular formula is C13H20N2O2S. The number of nitrogens with zero attached hydrogens (tertiary/aromatic N) is 1. The van der Waals surface area contributed by atoms with Crippen molar-refractivity contribution < 1.29 is 9.47 Å². The SMILES string of the molecule is CCN(CC)C(=S)Nc1ccc(OC)c(OC)c1. The first-order chi connectivity index (χ1) is 8.65. The van der Waals surface area contributed by atoms with Crippen molar-refractivity contribution in [1.29, 1.82) is 0 Å². The Balaban J connectivity index is 2.82. The molecule has 0 spiro atoms. The molecule has 1 N–H and O–H groups in total. The second-order valence-electron chi connectivity index (χ2n) is 3.67. The van der Waals surface area contributed by atoms with Gasteiger partial charge in [0.1, 0.15) is 0 Å². The van der Waals surface area contributed by atoms with Crippen LogP contribution >= 0.6 is 12.2 Å². The fraction of sp³-hybridized carbons (Fsp3) is 0.462. The Labute approximate surface area is 114 Å². The minimum Gasteiger partial charge on any atom is -0.493 e. The molecule has 0 saturated heterocycles. The summed E-state index contributed by atoms with van der Waals surface area (Å²) >= 11 is 5.34. The van der Waals surface area contributed by atoms with Gasteiger partial charge in [0.2, 0.25) is 0 Å². The van der Waals surface area contributed by atoms with E-state index in [1.165, 1.54) is 0 Å². The summed E-state index contributed by atoms with van der Waals surface area (Å²) in [5.74, 6) is 1.39. The van der Waals surface area contributed by atoms with Gasteiger partial charge in [-0.25, -0.2) is 0 Å². The molecule has 1 aromatic rings. The lowest BCUT2D eigenvalue weighted by atomic mass is 10.3. The van der Waals surface area contributed by atoms with E-state index in [9.17, 15) is 0 Å². The van der Waals surface area contributed by atoms with Gasteiger partial charge < -0.3 is 19.7 Å². The van der Waals surface area contributed by atoms with Gasteiger partial charge in [-0.2, -0.15) is 0 Å². The second kappa shape index (κ2) is 7.06. The molecular weight excluding hydrogens is 248 g/mol. The molecule has 0 unspecified atom stereocenters. The minimum absolute atomic E-state index is 0.685. The van der Waals surface area contributed by atoms with Gasteiger partial charge in [0.15, 0.2) is 16.6 Å². The van der Waals surface area contributed by atoms with Crippen LogP contribution in [0.25, 0.3) is 0 Å². The lowest BCUT2D eigenvalue weighted by Gasteiger charge is -2.22. The number of nitrogens with one attached hydrogen (secondary N) is 1.